The highest BCUT2D eigenvalue weighted by Crippen LogP contribution is 2.27. The van der Waals surface area contributed by atoms with Crippen LogP contribution in [0.25, 0.3) is 0 Å². The number of carbonyl (C=O) groups is 2. The van der Waals surface area contributed by atoms with Gasteiger partial charge in [-0.15, -0.1) is 0 Å². The highest BCUT2D eigenvalue weighted by molar-refractivity contribution is 5.85. The second-order valence-corrected chi connectivity index (χ2v) is 4.82. The molecule has 1 aliphatic heterocycles. The minimum Gasteiger partial charge on any atom is -0.354 e. The predicted molar refractivity (Wildman–Crippen MR) is 59.5 cm³/mol. The Labute approximate surface area is 95.3 Å². The molecule has 1 aliphatic carbocycles. The minimum absolute atomic E-state index is 0.0222. The van der Waals surface area contributed by atoms with Gasteiger partial charge in [0.25, 0.3) is 0 Å². The smallest absolute Gasteiger partial charge is 0.239 e. The molecule has 2 fully saturated rings. The van der Waals surface area contributed by atoms with Crippen LogP contribution < -0.4 is 11.1 Å². The molecule has 0 aromatic carbocycles. The van der Waals surface area contributed by atoms with E-state index in [4.69, 9.17) is 5.73 Å². The van der Waals surface area contributed by atoms with Crippen molar-refractivity contribution in [3.8, 4) is 0 Å². The van der Waals surface area contributed by atoms with Crippen LogP contribution in [-0.4, -0.2) is 42.4 Å². The molecule has 0 bridgehead atoms. The average molecular weight is 225 g/mol. The molecular weight excluding hydrogens is 206 g/mol. The van der Waals surface area contributed by atoms with Gasteiger partial charge in [-0.2, -0.15) is 0 Å². The fourth-order valence-electron chi connectivity index (χ4n) is 1.91. The highest BCUT2D eigenvalue weighted by atomic mass is 16.2. The molecule has 1 saturated heterocycles. The molecule has 16 heavy (non-hydrogen) atoms. The molecule has 0 radical (unpaired) electrons. The zero-order valence-corrected chi connectivity index (χ0v) is 9.45. The van der Waals surface area contributed by atoms with Crippen molar-refractivity contribution in [3.63, 3.8) is 0 Å². The Morgan fingerprint density at radius 3 is 2.88 bits per heavy atom. The molecule has 1 heterocycles. The summed E-state index contributed by atoms with van der Waals surface area (Å²) in [5, 5.41) is 2.85. The highest BCUT2D eigenvalue weighted by Gasteiger charge is 2.26. The Balaban J connectivity index is 1.73. The molecule has 0 aromatic heterocycles. The van der Waals surface area contributed by atoms with Gasteiger partial charge in [0.15, 0.2) is 0 Å². The standard InChI is InChI=1S/C11H19N3O2/c12-9-3-4-11(16)14(6-9)7-10(15)13-5-8-1-2-8/h8-9H,1-7,12H2,(H,13,15). The number of amides is 2. The first-order chi connectivity index (χ1) is 7.65. The van der Waals surface area contributed by atoms with Gasteiger partial charge in [-0.1, -0.05) is 0 Å². The minimum atomic E-state index is -0.0608. The third kappa shape index (κ3) is 3.20. The van der Waals surface area contributed by atoms with E-state index in [-0.39, 0.29) is 24.4 Å². The predicted octanol–water partition coefficient (Wildman–Crippen LogP) is -0.538. The zero-order valence-electron chi connectivity index (χ0n) is 9.45. The molecule has 2 aliphatic rings. The van der Waals surface area contributed by atoms with Crippen molar-refractivity contribution < 1.29 is 9.59 Å². The van der Waals surface area contributed by atoms with E-state index in [2.05, 4.69) is 5.32 Å². The second-order valence-electron chi connectivity index (χ2n) is 4.82. The number of likely N-dealkylation sites (tertiary alicyclic amines) is 1. The number of hydrogen-bond donors (Lipinski definition) is 2. The summed E-state index contributed by atoms with van der Waals surface area (Å²) >= 11 is 0. The quantitative estimate of drug-likeness (QED) is 0.675. The molecule has 1 unspecified atom stereocenters. The Morgan fingerprint density at radius 2 is 2.19 bits per heavy atom. The van der Waals surface area contributed by atoms with Crippen molar-refractivity contribution in [3.05, 3.63) is 0 Å². The molecule has 0 aromatic rings. The summed E-state index contributed by atoms with van der Waals surface area (Å²) < 4.78 is 0. The maximum absolute atomic E-state index is 11.5. The molecule has 2 amide bonds. The van der Waals surface area contributed by atoms with Crippen LogP contribution in [0.3, 0.4) is 0 Å². The van der Waals surface area contributed by atoms with Crippen LogP contribution in [-0.2, 0) is 9.59 Å². The summed E-state index contributed by atoms with van der Waals surface area (Å²) in [6.45, 7) is 1.43. The number of piperidine rings is 1. The summed E-state index contributed by atoms with van der Waals surface area (Å²) in [6, 6.07) is 0.0222. The van der Waals surface area contributed by atoms with Crippen LogP contribution >= 0.6 is 0 Å². The first-order valence-corrected chi connectivity index (χ1v) is 5.95. The van der Waals surface area contributed by atoms with E-state index < -0.39 is 0 Å². The number of nitrogens with two attached hydrogens (primary N) is 1. The molecule has 1 atom stereocenters. The van der Waals surface area contributed by atoms with E-state index in [1.807, 2.05) is 0 Å². The lowest BCUT2D eigenvalue weighted by atomic mass is 10.1. The van der Waals surface area contributed by atoms with Crippen LogP contribution in [0.1, 0.15) is 25.7 Å². The fourth-order valence-corrected chi connectivity index (χ4v) is 1.91. The van der Waals surface area contributed by atoms with Gasteiger partial charge in [0.1, 0.15) is 0 Å². The third-order valence-electron chi connectivity index (χ3n) is 3.16. The van der Waals surface area contributed by atoms with E-state index in [1.165, 1.54) is 12.8 Å². The number of hydrogen-bond acceptors (Lipinski definition) is 3. The summed E-state index contributed by atoms with van der Waals surface area (Å²) in [5.41, 5.74) is 5.77. The van der Waals surface area contributed by atoms with E-state index >= 15 is 0 Å². The van der Waals surface area contributed by atoms with Crippen molar-refractivity contribution in [2.75, 3.05) is 19.6 Å². The van der Waals surface area contributed by atoms with Gasteiger partial charge in [0, 0.05) is 25.6 Å². The molecule has 5 heteroatoms. The topological polar surface area (TPSA) is 75.4 Å². The van der Waals surface area contributed by atoms with Crippen molar-refractivity contribution in [2.24, 2.45) is 11.7 Å². The number of rotatable bonds is 4. The summed E-state index contributed by atoms with van der Waals surface area (Å²) in [5.74, 6) is 0.654. The van der Waals surface area contributed by atoms with Crippen molar-refractivity contribution in [2.45, 2.75) is 31.7 Å². The average Bonchev–Trinajstić information content (AvgIpc) is 3.04. The van der Waals surface area contributed by atoms with E-state index in [0.717, 1.165) is 13.0 Å². The van der Waals surface area contributed by atoms with Crippen LogP contribution in [0.5, 0.6) is 0 Å². The van der Waals surface area contributed by atoms with Gasteiger partial charge in [0.05, 0.1) is 6.54 Å². The van der Waals surface area contributed by atoms with E-state index in [1.54, 1.807) is 4.90 Å². The van der Waals surface area contributed by atoms with Gasteiger partial charge >= 0.3 is 0 Å². The molecule has 2 rings (SSSR count). The largest absolute Gasteiger partial charge is 0.354 e. The molecule has 3 N–H and O–H groups in total. The first-order valence-electron chi connectivity index (χ1n) is 5.95. The van der Waals surface area contributed by atoms with Crippen LogP contribution in [0.4, 0.5) is 0 Å². The van der Waals surface area contributed by atoms with Crippen LogP contribution in [0, 0.1) is 5.92 Å². The number of carbonyl (C=O) groups excluding carboxylic acids is 2. The molecular formula is C11H19N3O2. The van der Waals surface area contributed by atoms with Crippen LogP contribution in [0.2, 0.25) is 0 Å². The Bertz CT molecular complexity index is 289. The zero-order chi connectivity index (χ0) is 11.5. The van der Waals surface area contributed by atoms with Gasteiger partial charge in [-0.05, 0) is 25.2 Å². The van der Waals surface area contributed by atoms with Gasteiger partial charge in [0.2, 0.25) is 11.8 Å². The maximum atomic E-state index is 11.5. The van der Waals surface area contributed by atoms with Crippen molar-refractivity contribution in [1.29, 1.82) is 0 Å². The van der Waals surface area contributed by atoms with Gasteiger partial charge in [-0.25, -0.2) is 0 Å². The van der Waals surface area contributed by atoms with Crippen molar-refractivity contribution in [1.82, 2.24) is 10.2 Å². The summed E-state index contributed by atoms with van der Waals surface area (Å²) in [4.78, 5) is 24.6. The first kappa shape index (κ1) is 11.4. The van der Waals surface area contributed by atoms with E-state index in [0.29, 0.717) is 18.9 Å². The SMILES string of the molecule is NC1CCC(=O)N(CC(=O)NCC2CC2)C1. The number of nitrogens with one attached hydrogen (secondary N) is 1. The molecule has 0 spiro atoms. The fraction of sp³-hybridized carbons (Fsp3) is 0.818. The van der Waals surface area contributed by atoms with Crippen molar-refractivity contribution >= 4 is 11.8 Å². The number of nitrogens with zero attached hydrogens (tertiary/aromatic N) is 1. The summed E-state index contributed by atoms with van der Waals surface area (Å²) in [6.07, 6.45) is 3.64. The Kier molecular flexibility index (Phi) is 3.43. The van der Waals surface area contributed by atoms with E-state index in [9.17, 15) is 9.59 Å². The third-order valence-corrected chi connectivity index (χ3v) is 3.16. The van der Waals surface area contributed by atoms with Gasteiger partial charge in [-0.3, -0.25) is 9.59 Å². The van der Waals surface area contributed by atoms with Gasteiger partial charge < -0.3 is 16.0 Å². The Hall–Kier alpha value is -1.10. The monoisotopic (exact) mass is 225 g/mol. The lowest BCUT2D eigenvalue weighted by molar-refractivity contribution is -0.138. The van der Waals surface area contributed by atoms with Crippen LogP contribution in [0.15, 0.2) is 0 Å². The summed E-state index contributed by atoms with van der Waals surface area (Å²) in [7, 11) is 0. The molecule has 90 valence electrons. The molecule has 5 nitrogen and oxygen atoms in total. The lowest BCUT2D eigenvalue weighted by Gasteiger charge is -2.30. The maximum Gasteiger partial charge on any atom is 0.239 e. The second kappa shape index (κ2) is 4.82. The normalized spacial score (nSPS) is 25.7. The Morgan fingerprint density at radius 1 is 1.44 bits per heavy atom. The molecule has 1 saturated carbocycles. The lowest BCUT2D eigenvalue weighted by Crippen LogP contribution is -2.49.